The van der Waals surface area contributed by atoms with Crippen LogP contribution in [-0.2, 0) is 0 Å². The topological polar surface area (TPSA) is 77.8 Å². The van der Waals surface area contributed by atoms with Crippen molar-refractivity contribution in [2.45, 2.75) is 13.8 Å². The molecule has 0 saturated carbocycles. The SMILES string of the molecule is Cc1nc(N)c2oc(C)nc2n1. The van der Waals surface area contributed by atoms with Gasteiger partial charge in [-0.15, -0.1) is 0 Å². The molecule has 0 unspecified atom stereocenters. The maximum absolute atomic E-state index is 5.59. The van der Waals surface area contributed by atoms with E-state index in [-0.39, 0.29) is 0 Å². The Kier molecular flexibility index (Phi) is 1.27. The zero-order valence-electron chi connectivity index (χ0n) is 6.83. The number of aromatic nitrogens is 3. The average Bonchev–Trinajstić information content (AvgIpc) is 2.29. The Morgan fingerprint density at radius 3 is 2.67 bits per heavy atom. The first-order valence-corrected chi connectivity index (χ1v) is 3.54. The standard InChI is InChI=1S/C7H8N4O/c1-3-9-6(8)5-7(10-3)11-4(2)12-5/h1-2H3,(H2,8,9,10). The van der Waals surface area contributed by atoms with Crippen molar-refractivity contribution in [2.24, 2.45) is 0 Å². The van der Waals surface area contributed by atoms with E-state index in [1.54, 1.807) is 13.8 Å². The van der Waals surface area contributed by atoms with Gasteiger partial charge in [-0.2, -0.15) is 4.98 Å². The molecule has 0 aliphatic rings. The van der Waals surface area contributed by atoms with E-state index in [1.165, 1.54) is 0 Å². The van der Waals surface area contributed by atoms with Gasteiger partial charge in [-0.1, -0.05) is 0 Å². The number of nitrogen functional groups attached to an aromatic ring is 1. The van der Waals surface area contributed by atoms with Crippen LogP contribution in [0.5, 0.6) is 0 Å². The van der Waals surface area contributed by atoms with Gasteiger partial charge in [0.2, 0.25) is 11.2 Å². The molecular weight excluding hydrogens is 156 g/mol. The van der Waals surface area contributed by atoms with Gasteiger partial charge in [0.25, 0.3) is 0 Å². The summed E-state index contributed by atoms with van der Waals surface area (Å²) < 4.78 is 5.19. The maximum Gasteiger partial charge on any atom is 0.215 e. The molecule has 0 bridgehead atoms. The van der Waals surface area contributed by atoms with Crippen molar-refractivity contribution in [3.8, 4) is 0 Å². The van der Waals surface area contributed by atoms with E-state index in [1.807, 2.05) is 0 Å². The highest BCUT2D eigenvalue weighted by Crippen LogP contribution is 2.17. The van der Waals surface area contributed by atoms with Crippen LogP contribution in [0.3, 0.4) is 0 Å². The molecule has 0 spiro atoms. The Balaban J connectivity index is 2.88. The van der Waals surface area contributed by atoms with E-state index in [9.17, 15) is 0 Å². The molecule has 2 heterocycles. The van der Waals surface area contributed by atoms with Crippen LogP contribution in [0, 0.1) is 13.8 Å². The summed E-state index contributed by atoms with van der Waals surface area (Å²) in [5.74, 6) is 1.50. The second kappa shape index (κ2) is 2.17. The third kappa shape index (κ3) is 0.903. The molecule has 2 aromatic rings. The summed E-state index contributed by atoms with van der Waals surface area (Å²) in [7, 11) is 0. The molecular formula is C7H8N4O. The van der Waals surface area contributed by atoms with Crippen LogP contribution in [0.15, 0.2) is 4.42 Å². The van der Waals surface area contributed by atoms with E-state index >= 15 is 0 Å². The van der Waals surface area contributed by atoms with Crippen molar-refractivity contribution in [3.63, 3.8) is 0 Å². The Morgan fingerprint density at radius 2 is 1.92 bits per heavy atom. The van der Waals surface area contributed by atoms with Gasteiger partial charge >= 0.3 is 0 Å². The third-order valence-corrected chi connectivity index (χ3v) is 1.50. The quantitative estimate of drug-likeness (QED) is 0.623. The number of oxazole rings is 1. The number of fused-ring (bicyclic) bond motifs is 1. The lowest BCUT2D eigenvalue weighted by Gasteiger charge is -1.93. The normalized spacial score (nSPS) is 10.8. The first-order valence-electron chi connectivity index (χ1n) is 3.54. The minimum Gasteiger partial charge on any atom is -0.435 e. The molecule has 0 amide bonds. The lowest BCUT2D eigenvalue weighted by molar-refractivity contribution is 0.561. The van der Waals surface area contributed by atoms with Gasteiger partial charge < -0.3 is 10.2 Å². The van der Waals surface area contributed by atoms with E-state index in [2.05, 4.69) is 15.0 Å². The fourth-order valence-corrected chi connectivity index (χ4v) is 1.06. The largest absolute Gasteiger partial charge is 0.435 e. The second-order valence-electron chi connectivity index (χ2n) is 2.54. The van der Waals surface area contributed by atoms with Crippen molar-refractivity contribution in [3.05, 3.63) is 11.7 Å². The van der Waals surface area contributed by atoms with Crippen LogP contribution in [0.25, 0.3) is 11.2 Å². The summed E-state index contributed by atoms with van der Waals surface area (Å²) in [6.45, 7) is 3.51. The van der Waals surface area contributed by atoms with Crippen molar-refractivity contribution in [1.29, 1.82) is 0 Å². The smallest absolute Gasteiger partial charge is 0.215 e. The summed E-state index contributed by atoms with van der Waals surface area (Å²) >= 11 is 0. The maximum atomic E-state index is 5.59. The van der Waals surface area contributed by atoms with Gasteiger partial charge in [-0.25, -0.2) is 9.97 Å². The van der Waals surface area contributed by atoms with E-state index in [0.717, 1.165) is 0 Å². The van der Waals surface area contributed by atoms with E-state index in [0.29, 0.717) is 28.8 Å². The first-order chi connectivity index (χ1) is 5.66. The number of hydrogen-bond donors (Lipinski definition) is 1. The lowest BCUT2D eigenvalue weighted by Crippen LogP contribution is -1.95. The molecule has 0 fully saturated rings. The Hall–Kier alpha value is -1.65. The fraction of sp³-hybridized carbons (Fsp3) is 0.286. The Labute approximate surface area is 68.6 Å². The predicted octanol–water partition coefficient (Wildman–Crippen LogP) is 0.817. The molecule has 2 aromatic heterocycles. The molecule has 5 heteroatoms. The van der Waals surface area contributed by atoms with Crippen LogP contribution in [0.1, 0.15) is 11.7 Å². The highest BCUT2D eigenvalue weighted by atomic mass is 16.3. The van der Waals surface area contributed by atoms with Gasteiger partial charge in [0.1, 0.15) is 5.82 Å². The summed E-state index contributed by atoms with van der Waals surface area (Å²) in [5, 5.41) is 0. The van der Waals surface area contributed by atoms with Gasteiger partial charge in [0.05, 0.1) is 0 Å². The van der Waals surface area contributed by atoms with Crippen LogP contribution < -0.4 is 5.73 Å². The van der Waals surface area contributed by atoms with Gasteiger partial charge in [-0.3, -0.25) is 0 Å². The molecule has 2 rings (SSSR count). The molecule has 12 heavy (non-hydrogen) atoms. The minimum atomic E-state index is 0.345. The van der Waals surface area contributed by atoms with E-state index < -0.39 is 0 Å². The summed E-state index contributed by atoms with van der Waals surface area (Å²) in [4.78, 5) is 12.0. The molecule has 0 aliphatic carbocycles. The van der Waals surface area contributed by atoms with Crippen LogP contribution in [0.2, 0.25) is 0 Å². The molecule has 0 saturated heterocycles. The minimum absolute atomic E-state index is 0.345. The molecule has 0 aromatic carbocycles. The average molecular weight is 164 g/mol. The molecule has 0 radical (unpaired) electrons. The van der Waals surface area contributed by atoms with Crippen molar-refractivity contribution in [1.82, 2.24) is 15.0 Å². The second-order valence-corrected chi connectivity index (χ2v) is 2.54. The monoisotopic (exact) mass is 164 g/mol. The first kappa shape index (κ1) is 7.02. The predicted molar refractivity (Wildman–Crippen MR) is 43.5 cm³/mol. The number of rotatable bonds is 0. The summed E-state index contributed by atoms with van der Waals surface area (Å²) in [6, 6.07) is 0. The zero-order valence-corrected chi connectivity index (χ0v) is 6.83. The highest BCUT2D eigenvalue weighted by Gasteiger charge is 2.08. The van der Waals surface area contributed by atoms with Crippen molar-refractivity contribution < 1.29 is 4.42 Å². The third-order valence-electron chi connectivity index (χ3n) is 1.50. The number of nitrogens with two attached hydrogens (primary N) is 1. The molecule has 0 atom stereocenters. The molecule has 62 valence electrons. The summed E-state index contributed by atoms with van der Waals surface area (Å²) in [6.07, 6.45) is 0. The summed E-state index contributed by atoms with van der Waals surface area (Å²) in [5.41, 5.74) is 6.58. The molecule has 5 nitrogen and oxygen atoms in total. The number of anilines is 1. The Morgan fingerprint density at radius 1 is 1.17 bits per heavy atom. The molecule has 0 aliphatic heterocycles. The zero-order chi connectivity index (χ0) is 8.72. The van der Waals surface area contributed by atoms with Crippen LogP contribution in [0.4, 0.5) is 5.82 Å². The Bertz CT molecular complexity index is 434. The molecule has 2 N–H and O–H groups in total. The van der Waals surface area contributed by atoms with Gasteiger partial charge in [-0.05, 0) is 6.92 Å². The fourth-order valence-electron chi connectivity index (χ4n) is 1.06. The van der Waals surface area contributed by atoms with E-state index in [4.69, 9.17) is 10.2 Å². The van der Waals surface area contributed by atoms with Gasteiger partial charge in [0.15, 0.2) is 11.7 Å². The highest BCUT2D eigenvalue weighted by molar-refractivity contribution is 5.78. The number of nitrogens with zero attached hydrogens (tertiary/aromatic N) is 3. The number of aryl methyl sites for hydroxylation is 2. The number of hydrogen-bond acceptors (Lipinski definition) is 5. The van der Waals surface area contributed by atoms with Crippen LogP contribution >= 0.6 is 0 Å². The van der Waals surface area contributed by atoms with Gasteiger partial charge in [0, 0.05) is 6.92 Å². The lowest BCUT2D eigenvalue weighted by atomic mass is 10.5. The van der Waals surface area contributed by atoms with Crippen molar-refractivity contribution >= 4 is 17.0 Å². The van der Waals surface area contributed by atoms with Crippen molar-refractivity contribution in [2.75, 3.05) is 5.73 Å². The van der Waals surface area contributed by atoms with Crippen LogP contribution in [-0.4, -0.2) is 15.0 Å².